The number of carbonyl (C=O) groups excluding carboxylic acids is 5. The number of amides is 3. The second-order valence-electron chi connectivity index (χ2n) is 7.47. The maximum atomic E-state index is 13.1. The van der Waals surface area contributed by atoms with Crippen molar-refractivity contribution in [1.82, 2.24) is 20.3 Å². The third-order valence-corrected chi connectivity index (χ3v) is 5.75. The van der Waals surface area contributed by atoms with Crippen molar-refractivity contribution in [1.29, 1.82) is 0 Å². The van der Waals surface area contributed by atoms with Crippen LogP contribution in [0.2, 0.25) is 0 Å². The van der Waals surface area contributed by atoms with Crippen molar-refractivity contribution in [3.05, 3.63) is 47.7 Å². The summed E-state index contributed by atoms with van der Waals surface area (Å²) in [5.41, 5.74) is -0.902. The highest BCUT2D eigenvalue weighted by atomic mass is 32.1. The molecule has 2 N–H and O–H groups in total. The van der Waals surface area contributed by atoms with Crippen LogP contribution in [0.25, 0.3) is 0 Å². The molecular weight excluding hydrogens is 527 g/mol. The van der Waals surface area contributed by atoms with Gasteiger partial charge in [0.05, 0.1) is 0 Å². The van der Waals surface area contributed by atoms with Crippen LogP contribution in [-0.2, 0) is 33.5 Å². The highest BCUT2D eigenvalue weighted by Gasteiger charge is 2.49. The van der Waals surface area contributed by atoms with E-state index in [0.29, 0.717) is 0 Å². The second kappa shape index (κ2) is 12.7. The Bertz CT molecular complexity index is 1230. The molecule has 3 heterocycles. The first-order valence-electron chi connectivity index (χ1n) is 10.9. The minimum Gasteiger partial charge on any atom is -0.457 e. The number of fused-ring (bicyclic) bond motifs is 1. The minimum atomic E-state index is -1.36. The van der Waals surface area contributed by atoms with E-state index in [-0.39, 0.29) is 48.4 Å². The predicted octanol–water partition coefficient (Wildman–Crippen LogP) is 0.308. The Morgan fingerprint density at radius 2 is 1.97 bits per heavy atom. The van der Waals surface area contributed by atoms with Crippen molar-refractivity contribution in [2.45, 2.75) is 6.04 Å². The van der Waals surface area contributed by atoms with Crippen molar-refractivity contribution >= 4 is 51.8 Å². The summed E-state index contributed by atoms with van der Waals surface area (Å²) in [5.74, 6) is -3.58. The minimum absolute atomic E-state index is 0.0153. The third-order valence-electron chi connectivity index (χ3n) is 5.00. The van der Waals surface area contributed by atoms with Crippen LogP contribution in [0.4, 0.5) is 14.3 Å². The zero-order chi connectivity index (χ0) is 27.8. The SMILES string of the molecule is C=CCOC(=O)Nc1nc(/C(=N/OC)C(=O)N[C@H]2CN3CC(C(=O)CF)=C(C(=O)OCC=C)N3C2=O)cs1. The standard InChI is InChI=1S/C22H23FN6O8S/c1-4-6-36-20(33)17-12(15(30)8-23)9-28-10-13(19(32)29(17)28)24-18(31)16(27-35-3)14-11-38-21(25-14)26-22(34)37-7-5-2/h4-5,11,13H,1-2,6-10H2,3H3,(H,24,31)(H,25,26,34)/b27-16-/t13-/m0/s1. The molecule has 38 heavy (non-hydrogen) atoms. The number of esters is 1. The van der Waals surface area contributed by atoms with Crippen LogP contribution in [-0.4, -0.2) is 96.5 Å². The fourth-order valence-corrected chi connectivity index (χ4v) is 4.15. The zero-order valence-electron chi connectivity index (χ0n) is 20.1. The average Bonchev–Trinajstić information content (AvgIpc) is 3.59. The van der Waals surface area contributed by atoms with Gasteiger partial charge in [-0.2, -0.15) is 0 Å². The molecule has 1 fully saturated rings. The Morgan fingerprint density at radius 1 is 1.26 bits per heavy atom. The molecule has 0 saturated carbocycles. The molecule has 0 radical (unpaired) electrons. The largest absolute Gasteiger partial charge is 0.457 e. The molecule has 2 aliphatic heterocycles. The molecular formula is C22H23FN6O8S. The number of nitrogens with one attached hydrogen (secondary N) is 2. The number of alkyl halides is 1. The van der Waals surface area contributed by atoms with Crippen molar-refractivity contribution in [3.8, 4) is 0 Å². The molecule has 1 saturated heterocycles. The maximum absolute atomic E-state index is 13.1. The third kappa shape index (κ3) is 6.09. The molecule has 2 aliphatic rings. The van der Waals surface area contributed by atoms with Gasteiger partial charge in [0.15, 0.2) is 29.0 Å². The number of hydrazine groups is 1. The van der Waals surface area contributed by atoms with Crippen molar-refractivity contribution < 1.29 is 42.7 Å². The number of rotatable bonds is 12. The van der Waals surface area contributed by atoms with E-state index in [1.54, 1.807) is 0 Å². The van der Waals surface area contributed by atoms with Gasteiger partial charge in [0, 0.05) is 24.0 Å². The Morgan fingerprint density at radius 3 is 2.63 bits per heavy atom. The normalized spacial score (nSPS) is 17.1. The quantitative estimate of drug-likeness (QED) is 0.160. The molecule has 0 unspecified atom stereocenters. The molecule has 1 aromatic heterocycles. The molecule has 3 rings (SSSR count). The van der Waals surface area contributed by atoms with Gasteiger partial charge in [-0.1, -0.05) is 30.5 Å². The Balaban J connectivity index is 1.76. The number of nitrogens with zero attached hydrogens (tertiary/aromatic N) is 4. The molecule has 1 aromatic rings. The smallest absolute Gasteiger partial charge is 0.413 e. The van der Waals surface area contributed by atoms with Gasteiger partial charge in [-0.25, -0.2) is 29.0 Å². The number of anilines is 1. The molecule has 3 amide bonds. The molecule has 1 atom stereocenters. The van der Waals surface area contributed by atoms with Crippen molar-refractivity contribution in [2.75, 3.05) is 45.4 Å². The molecule has 0 spiro atoms. The molecule has 0 aliphatic carbocycles. The summed E-state index contributed by atoms with van der Waals surface area (Å²) >= 11 is 0.979. The van der Waals surface area contributed by atoms with E-state index in [1.165, 1.54) is 29.7 Å². The summed E-state index contributed by atoms with van der Waals surface area (Å²) in [6, 6.07) is -1.17. The Labute approximate surface area is 219 Å². The number of ketones is 1. The van der Waals surface area contributed by atoms with Crippen LogP contribution in [0.5, 0.6) is 0 Å². The molecule has 202 valence electrons. The fourth-order valence-electron chi connectivity index (χ4n) is 3.47. The van der Waals surface area contributed by atoms with Gasteiger partial charge in [-0.3, -0.25) is 19.7 Å². The van der Waals surface area contributed by atoms with Crippen LogP contribution in [0.15, 0.2) is 47.1 Å². The highest BCUT2D eigenvalue weighted by Crippen LogP contribution is 2.31. The summed E-state index contributed by atoms with van der Waals surface area (Å²) in [4.78, 5) is 71.4. The first kappa shape index (κ1) is 28.1. The first-order chi connectivity index (χ1) is 18.2. The molecule has 0 bridgehead atoms. The summed E-state index contributed by atoms with van der Waals surface area (Å²) in [6.07, 6.45) is 1.89. The predicted molar refractivity (Wildman–Crippen MR) is 130 cm³/mol. The fraction of sp³-hybridized carbons (Fsp3) is 0.318. The number of oxime groups is 1. The number of hydrogen-bond donors (Lipinski definition) is 2. The summed E-state index contributed by atoms with van der Waals surface area (Å²) in [6.45, 7) is 4.91. The number of halogens is 1. The summed E-state index contributed by atoms with van der Waals surface area (Å²) in [5, 5.41) is 12.3. The lowest BCUT2D eigenvalue weighted by Crippen LogP contribution is -2.46. The monoisotopic (exact) mass is 550 g/mol. The van der Waals surface area contributed by atoms with Gasteiger partial charge in [-0.15, -0.1) is 11.3 Å². The van der Waals surface area contributed by atoms with E-state index in [1.807, 2.05) is 0 Å². The average molecular weight is 551 g/mol. The number of Topliss-reactive ketones (excluding diaryl/α,β-unsaturated/α-hetero) is 1. The number of thiazole rings is 1. The van der Waals surface area contributed by atoms with Gasteiger partial charge in [-0.05, 0) is 0 Å². The highest BCUT2D eigenvalue weighted by molar-refractivity contribution is 7.14. The lowest BCUT2D eigenvalue weighted by Gasteiger charge is -2.20. The summed E-state index contributed by atoms with van der Waals surface area (Å²) < 4.78 is 22.9. The maximum Gasteiger partial charge on any atom is 0.413 e. The van der Waals surface area contributed by atoms with Gasteiger partial charge in [0.25, 0.3) is 11.8 Å². The molecule has 16 heteroatoms. The topological polar surface area (TPSA) is 169 Å². The Kier molecular flexibility index (Phi) is 9.39. The van der Waals surface area contributed by atoms with Gasteiger partial charge >= 0.3 is 12.1 Å². The first-order valence-corrected chi connectivity index (χ1v) is 11.7. The van der Waals surface area contributed by atoms with Gasteiger partial charge < -0.3 is 19.6 Å². The Hall–Kier alpha value is -4.44. The number of carbonyl (C=O) groups is 5. The number of ether oxygens (including phenoxy) is 2. The van der Waals surface area contributed by atoms with Gasteiger partial charge in [0.2, 0.25) is 0 Å². The van der Waals surface area contributed by atoms with Crippen LogP contribution in [0.3, 0.4) is 0 Å². The lowest BCUT2D eigenvalue weighted by molar-refractivity contribution is -0.146. The van der Waals surface area contributed by atoms with E-state index in [2.05, 4.69) is 33.9 Å². The van der Waals surface area contributed by atoms with E-state index in [9.17, 15) is 28.4 Å². The lowest BCUT2D eigenvalue weighted by atomic mass is 10.1. The summed E-state index contributed by atoms with van der Waals surface area (Å²) in [7, 11) is 1.20. The van der Waals surface area contributed by atoms with E-state index >= 15 is 0 Å². The van der Waals surface area contributed by atoms with Gasteiger partial charge in [0.1, 0.15) is 32.1 Å². The second-order valence-corrected chi connectivity index (χ2v) is 8.32. The van der Waals surface area contributed by atoms with E-state index in [4.69, 9.17) is 14.3 Å². The van der Waals surface area contributed by atoms with E-state index < -0.39 is 48.1 Å². The van der Waals surface area contributed by atoms with Crippen LogP contribution >= 0.6 is 11.3 Å². The van der Waals surface area contributed by atoms with Crippen LogP contribution in [0.1, 0.15) is 5.69 Å². The van der Waals surface area contributed by atoms with Crippen LogP contribution < -0.4 is 10.6 Å². The van der Waals surface area contributed by atoms with E-state index in [0.717, 1.165) is 16.3 Å². The van der Waals surface area contributed by atoms with Crippen molar-refractivity contribution in [3.63, 3.8) is 0 Å². The van der Waals surface area contributed by atoms with Crippen molar-refractivity contribution in [2.24, 2.45) is 5.16 Å². The molecule has 14 nitrogen and oxygen atoms in total. The number of aromatic nitrogens is 1. The molecule has 0 aromatic carbocycles. The number of hydrogen-bond acceptors (Lipinski definition) is 12. The zero-order valence-corrected chi connectivity index (χ0v) is 20.9. The van der Waals surface area contributed by atoms with Crippen LogP contribution in [0, 0.1) is 0 Å².